The molecule has 42 heavy (non-hydrogen) atoms. The smallest absolute Gasteiger partial charge is 0.0777 e. The van der Waals surface area contributed by atoms with Gasteiger partial charge in [-0.15, -0.1) is 71.3 Å². The number of benzene rings is 3. The van der Waals surface area contributed by atoms with Crippen LogP contribution in [0.5, 0.6) is 0 Å². The van der Waals surface area contributed by atoms with Gasteiger partial charge in [0, 0.05) is 38.4 Å². The third-order valence-corrected chi connectivity index (χ3v) is 10.1. The average molecular weight is 728 g/mol. The minimum absolute atomic E-state index is 0. The second-order valence-corrected chi connectivity index (χ2v) is 12.7. The van der Waals surface area contributed by atoms with Crippen LogP contribution in [0.25, 0.3) is 39.3 Å². The van der Waals surface area contributed by atoms with Gasteiger partial charge in [0.25, 0.3) is 0 Å². The van der Waals surface area contributed by atoms with Crippen LogP contribution in [0.15, 0.2) is 85.1 Å². The second kappa shape index (κ2) is 11.1. The van der Waals surface area contributed by atoms with Crippen LogP contribution in [0.3, 0.4) is 0 Å². The van der Waals surface area contributed by atoms with Gasteiger partial charge < -0.3 is 9.55 Å². The fraction of sp³-hybridized carbons (Fsp3) is 0.316. The van der Waals surface area contributed by atoms with E-state index in [1.807, 2.05) is 30.5 Å². The molecule has 3 heterocycles. The Morgan fingerprint density at radius 1 is 0.810 bits per heavy atom. The van der Waals surface area contributed by atoms with E-state index in [-0.39, 0.29) is 30.9 Å². The molecule has 1 radical (unpaired) electrons. The van der Waals surface area contributed by atoms with Gasteiger partial charge in [0.15, 0.2) is 0 Å². The molecule has 215 valence electrons. The first-order chi connectivity index (χ1) is 19.9. The molecule has 5 aromatic rings. The summed E-state index contributed by atoms with van der Waals surface area (Å²) in [5.41, 5.74) is 11.5. The molecule has 0 N–H and O–H groups in total. The van der Waals surface area contributed by atoms with Crippen LogP contribution in [0.1, 0.15) is 70.1 Å². The SMILES string of the molecule is CC1(C)c2ccc[c-]c2-c2ncccc2C1(C)C.[Ir].[c-]1ccccc1-c1nc2cccc3c2n1CC=C3C1CCCC1. The maximum atomic E-state index is 4.91. The van der Waals surface area contributed by atoms with Crippen molar-refractivity contribution >= 4 is 16.6 Å². The molecule has 0 saturated heterocycles. The predicted molar refractivity (Wildman–Crippen MR) is 169 cm³/mol. The van der Waals surface area contributed by atoms with Gasteiger partial charge in [0.2, 0.25) is 0 Å². The number of aromatic nitrogens is 3. The molecule has 0 spiro atoms. The van der Waals surface area contributed by atoms with Crippen LogP contribution in [0.4, 0.5) is 0 Å². The molecule has 1 saturated carbocycles. The van der Waals surface area contributed by atoms with Crippen LogP contribution in [-0.4, -0.2) is 14.5 Å². The van der Waals surface area contributed by atoms with Gasteiger partial charge in [-0.1, -0.05) is 70.4 Å². The van der Waals surface area contributed by atoms with Gasteiger partial charge in [0.1, 0.15) is 0 Å². The normalized spacial score (nSPS) is 17.8. The molecule has 1 fully saturated rings. The van der Waals surface area contributed by atoms with Crippen LogP contribution in [0.2, 0.25) is 0 Å². The number of fused-ring (bicyclic) bond motifs is 3. The number of nitrogens with zero attached hydrogens (tertiary/aromatic N) is 3. The first-order valence-corrected chi connectivity index (χ1v) is 15.0. The maximum absolute atomic E-state index is 4.91. The van der Waals surface area contributed by atoms with Gasteiger partial charge in [-0.2, -0.15) is 0 Å². The summed E-state index contributed by atoms with van der Waals surface area (Å²) in [6.45, 7) is 10.2. The number of para-hydroxylation sites is 1. The molecule has 0 atom stereocenters. The number of imidazole rings is 1. The third-order valence-electron chi connectivity index (χ3n) is 10.1. The molecular formula is C38H37IrN3-2. The van der Waals surface area contributed by atoms with E-state index in [0.717, 1.165) is 40.6 Å². The van der Waals surface area contributed by atoms with E-state index < -0.39 is 0 Å². The van der Waals surface area contributed by atoms with Crippen molar-refractivity contribution in [3.05, 3.63) is 114 Å². The topological polar surface area (TPSA) is 30.7 Å². The summed E-state index contributed by atoms with van der Waals surface area (Å²) in [6.07, 6.45) is 9.75. The molecule has 0 amide bonds. The van der Waals surface area contributed by atoms with E-state index in [2.05, 4.69) is 104 Å². The van der Waals surface area contributed by atoms with Crippen LogP contribution >= 0.6 is 0 Å². The van der Waals surface area contributed by atoms with E-state index in [9.17, 15) is 0 Å². The van der Waals surface area contributed by atoms with Crippen molar-refractivity contribution in [1.82, 2.24) is 14.5 Å². The van der Waals surface area contributed by atoms with Gasteiger partial charge in [-0.25, -0.2) is 0 Å². The summed E-state index contributed by atoms with van der Waals surface area (Å²) in [5.74, 6) is 1.78. The van der Waals surface area contributed by atoms with Crippen LogP contribution < -0.4 is 0 Å². The van der Waals surface area contributed by atoms with Gasteiger partial charge in [-0.05, 0) is 53.0 Å². The Kier molecular flexibility index (Phi) is 7.58. The summed E-state index contributed by atoms with van der Waals surface area (Å²) < 4.78 is 2.36. The largest absolute Gasteiger partial charge is 0.360 e. The second-order valence-electron chi connectivity index (χ2n) is 12.7. The Morgan fingerprint density at radius 3 is 2.36 bits per heavy atom. The predicted octanol–water partition coefficient (Wildman–Crippen LogP) is 9.21. The molecule has 2 aliphatic carbocycles. The van der Waals surface area contributed by atoms with Crippen molar-refractivity contribution in [3.8, 4) is 22.6 Å². The Morgan fingerprint density at radius 2 is 1.57 bits per heavy atom. The third kappa shape index (κ3) is 4.51. The zero-order chi connectivity index (χ0) is 28.2. The summed E-state index contributed by atoms with van der Waals surface area (Å²) in [4.78, 5) is 9.50. The van der Waals surface area contributed by atoms with Crippen molar-refractivity contribution < 1.29 is 20.1 Å². The molecule has 3 nitrogen and oxygen atoms in total. The van der Waals surface area contributed by atoms with E-state index in [0.29, 0.717) is 0 Å². The Hall–Kier alpha value is -3.33. The number of allylic oxidation sites excluding steroid dienone is 2. The molecule has 3 aliphatic rings. The molecule has 0 bridgehead atoms. The quantitative estimate of drug-likeness (QED) is 0.170. The summed E-state index contributed by atoms with van der Waals surface area (Å²) in [5, 5.41) is 0. The van der Waals surface area contributed by atoms with Crippen molar-refractivity contribution in [2.75, 3.05) is 0 Å². The van der Waals surface area contributed by atoms with Crippen molar-refractivity contribution in [3.63, 3.8) is 0 Å². The number of hydrogen-bond acceptors (Lipinski definition) is 2. The number of hydrogen-bond donors (Lipinski definition) is 0. The minimum Gasteiger partial charge on any atom is -0.360 e. The average Bonchev–Trinajstić information content (AvgIpc) is 3.67. The van der Waals surface area contributed by atoms with Crippen molar-refractivity contribution in [2.24, 2.45) is 5.92 Å². The maximum Gasteiger partial charge on any atom is 0.0777 e. The molecule has 3 aromatic carbocycles. The van der Waals surface area contributed by atoms with Gasteiger partial charge in [0.05, 0.1) is 16.9 Å². The van der Waals surface area contributed by atoms with Crippen molar-refractivity contribution in [2.45, 2.75) is 70.8 Å². The van der Waals surface area contributed by atoms with E-state index in [1.165, 1.54) is 47.9 Å². The Bertz CT molecular complexity index is 1720. The summed E-state index contributed by atoms with van der Waals surface area (Å²) >= 11 is 0. The van der Waals surface area contributed by atoms with Gasteiger partial charge in [-0.3, -0.25) is 4.98 Å². The summed E-state index contributed by atoms with van der Waals surface area (Å²) in [6, 6.07) is 31.9. The standard InChI is InChI=1S/C21H19N2.C17H18N.Ir/c1-2-9-16(10-3-1)21-22-19-12-6-11-18-17(15-7-4-5-8-15)13-14-23(21)20(18)19;1-16(2)13-9-6-5-8-12(13)15-14(17(16,3)4)10-7-11-18-15;/h1-3,6,9,11-13,15H,4-5,7-8,14H2;5-7,9-11H,1-4H3;/q2*-1;. The molecule has 0 unspecified atom stereocenters. The van der Waals surface area contributed by atoms with Crippen LogP contribution in [-0.2, 0) is 37.5 Å². The van der Waals surface area contributed by atoms with E-state index >= 15 is 0 Å². The minimum atomic E-state index is 0. The fourth-order valence-corrected chi connectivity index (χ4v) is 7.19. The Balaban J connectivity index is 0.000000151. The van der Waals surface area contributed by atoms with Crippen molar-refractivity contribution in [1.29, 1.82) is 0 Å². The molecule has 4 heteroatoms. The first-order valence-electron chi connectivity index (χ1n) is 15.0. The monoisotopic (exact) mass is 728 g/mol. The first kappa shape index (κ1) is 28.8. The fourth-order valence-electron chi connectivity index (χ4n) is 7.19. The van der Waals surface area contributed by atoms with Crippen LogP contribution in [0, 0.1) is 18.1 Å². The Labute approximate surface area is 263 Å². The molecule has 2 aromatic heterocycles. The molecular weight excluding hydrogens is 691 g/mol. The summed E-state index contributed by atoms with van der Waals surface area (Å²) in [7, 11) is 0. The molecule has 1 aliphatic heterocycles. The molecule has 8 rings (SSSR count). The number of rotatable bonds is 2. The van der Waals surface area contributed by atoms with E-state index in [4.69, 9.17) is 4.98 Å². The van der Waals surface area contributed by atoms with Gasteiger partial charge >= 0.3 is 0 Å². The zero-order valence-electron chi connectivity index (χ0n) is 24.9. The number of pyridine rings is 1. The zero-order valence-corrected chi connectivity index (χ0v) is 27.3. The van der Waals surface area contributed by atoms with E-state index in [1.54, 1.807) is 5.57 Å².